The van der Waals surface area contributed by atoms with Gasteiger partial charge in [-0.25, -0.2) is 0 Å². The molecule has 2 unspecified atom stereocenters. The maximum Gasteiger partial charge on any atom is 0.312 e. The average Bonchev–Trinajstić information content (AvgIpc) is 3.61. The zero-order valence-corrected chi connectivity index (χ0v) is 24.5. The van der Waals surface area contributed by atoms with E-state index in [2.05, 4.69) is 13.2 Å². The standard InChI is InChI=1S/C33H37ClN2O6/c1-4-7-20-41-31(40)27-26-29(38)36(25(21-37)22-11-9-8-10-12-22)28(33(26)18-17-32(27,6-3)42-33)30(39)35(19-5-2)24-15-13-23(34)14-16-24/h4-5,8-16,25-28,37H,1-2,6-7,17-21H2,3H3/t25-,26+,27-,28?,32+,33?/m1/s1. The second-order valence-corrected chi connectivity index (χ2v) is 11.6. The summed E-state index contributed by atoms with van der Waals surface area (Å²) in [7, 11) is 0. The highest BCUT2D eigenvalue weighted by Crippen LogP contribution is 2.65. The second-order valence-electron chi connectivity index (χ2n) is 11.1. The maximum absolute atomic E-state index is 14.8. The Balaban J connectivity index is 1.65. The number of amides is 2. The van der Waals surface area contributed by atoms with E-state index in [4.69, 9.17) is 21.1 Å². The van der Waals surface area contributed by atoms with Crippen LogP contribution in [0.15, 0.2) is 79.9 Å². The fraction of sp³-hybridized carbons (Fsp3) is 0.424. The van der Waals surface area contributed by atoms with Crippen molar-refractivity contribution in [2.75, 3.05) is 24.7 Å². The number of carbonyl (C=O) groups excluding carboxylic acids is 3. The molecule has 3 heterocycles. The van der Waals surface area contributed by atoms with Crippen molar-refractivity contribution in [3.63, 3.8) is 0 Å². The lowest BCUT2D eigenvalue weighted by atomic mass is 9.65. The van der Waals surface area contributed by atoms with Crippen molar-refractivity contribution >= 4 is 35.1 Å². The third kappa shape index (κ3) is 4.75. The molecule has 3 aliphatic heterocycles. The zero-order valence-electron chi connectivity index (χ0n) is 23.8. The van der Waals surface area contributed by atoms with Crippen LogP contribution in [-0.2, 0) is 23.9 Å². The van der Waals surface area contributed by atoms with Gasteiger partial charge in [0.15, 0.2) is 0 Å². The molecule has 3 fully saturated rings. The van der Waals surface area contributed by atoms with Crippen LogP contribution < -0.4 is 4.90 Å². The number of esters is 1. The first-order valence-electron chi connectivity index (χ1n) is 14.4. The topological polar surface area (TPSA) is 96.4 Å². The molecule has 1 spiro atoms. The van der Waals surface area contributed by atoms with Gasteiger partial charge in [-0.3, -0.25) is 14.4 Å². The summed E-state index contributed by atoms with van der Waals surface area (Å²) in [6.45, 7) is 9.37. The van der Waals surface area contributed by atoms with Crippen molar-refractivity contribution in [3.8, 4) is 0 Å². The fourth-order valence-corrected chi connectivity index (χ4v) is 7.34. The summed E-state index contributed by atoms with van der Waals surface area (Å²) in [6.07, 6.45) is 5.16. The lowest BCUT2D eigenvalue weighted by Gasteiger charge is -2.39. The molecule has 0 aliphatic carbocycles. The zero-order chi connectivity index (χ0) is 30.1. The van der Waals surface area contributed by atoms with Crippen molar-refractivity contribution < 1.29 is 29.0 Å². The predicted molar refractivity (Wildman–Crippen MR) is 160 cm³/mol. The third-order valence-electron chi connectivity index (χ3n) is 9.08. The van der Waals surface area contributed by atoms with Crippen LogP contribution in [0.3, 0.4) is 0 Å². The normalized spacial score (nSPS) is 28.3. The minimum atomic E-state index is -1.28. The summed E-state index contributed by atoms with van der Waals surface area (Å²) in [4.78, 5) is 46.1. The maximum atomic E-state index is 14.8. The summed E-state index contributed by atoms with van der Waals surface area (Å²) < 4.78 is 12.5. The second kappa shape index (κ2) is 12.0. The molecule has 0 aromatic heterocycles. The van der Waals surface area contributed by atoms with Gasteiger partial charge in [0.25, 0.3) is 5.91 Å². The number of ether oxygens (including phenoxy) is 2. The molecule has 9 heteroatoms. The summed E-state index contributed by atoms with van der Waals surface area (Å²) >= 11 is 6.14. The SMILES string of the molecule is C=CCCOC(=O)[C@H]1[C@H]2C(=O)N([C@H](CO)c3ccccc3)C(C(=O)N(CC=C)c3ccc(Cl)cc3)C23CC[C@]1(CC)O3. The van der Waals surface area contributed by atoms with Gasteiger partial charge in [0.2, 0.25) is 5.91 Å². The molecule has 222 valence electrons. The Kier molecular flexibility index (Phi) is 8.60. The summed E-state index contributed by atoms with van der Waals surface area (Å²) in [5.74, 6) is -3.11. The van der Waals surface area contributed by atoms with Gasteiger partial charge in [-0.1, -0.05) is 61.0 Å². The first-order chi connectivity index (χ1) is 20.3. The molecule has 2 aromatic carbocycles. The van der Waals surface area contributed by atoms with Gasteiger partial charge in [0.1, 0.15) is 17.6 Å². The molecule has 2 bridgehead atoms. The summed E-state index contributed by atoms with van der Waals surface area (Å²) in [6, 6.07) is 14.0. The van der Waals surface area contributed by atoms with E-state index >= 15 is 0 Å². The highest BCUT2D eigenvalue weighted by molar-refractivity contribution is 6.30. The monoisotopic (exact) mass is 592 g/mol. The first-order valence-corrected chi connectivity index (χ1v) is 14.8. The van der Waals surface area contributed by atoms with E-state index in [-0.39, 0.29) is 19.1 Å². The number of nitrogens with zero attached hydrogens (tertiary/aromatic N) is 2. The number of fused-ring (bicyclic) bond motifs is 1. The minimum Gasteiger partial charge on any atom is -0.465 e. The molecule has 3 aliphatic rings. The molecule has 1 N–H and O–H groups in total. The first kappa shape index (κ1) is 30.0. The Hall–Kier alpha value is -3.46. The van der Waals surface area contributed by atoms with Gasteiger partial charge in [0, 0.05) is 17.3 Å². The number of hydrogen-bond donors (Lipinski definition) is 1. The van der Waals surface area contributed by atoms with Crippen molar-refractivity contribution in [2.45, 2.75) is 55.9 Å². The van der Waals surface area contributed by atoms with Crippen molar-refractivity contribution in [2.24, 2.45) is 11.8 Å². The molecule has 0 saturated carbocycles. The number of aliphatic hydroxyl groups excluding tert-OH is 1. The largest absolute Gasteiger partial charge is 0.465 e. The van der Waals surface area contributed by atoms with Crippen LogP contribution in [0.4, 0.5) is 5.69 Å². The van der Waals surface area contributed by atoms with Crippen molar-refractivity contribution in [3.05, 3.63) is 90.5 Å². The van der Waals surface area contributed by atoms with Crippen LogP contribution in [0.1, 0.15) is 44.2 Å². The van der Waals surface area contributed by atoms with Crippen LogP contribution in [-0.4, -0.2) is 64.8 Å². The van der Waals surface area contributed by atoms with E-state index in [9.17, 15) is 19.5 Å². The predicted octanol–water partition coefficient (Wildman–Crippen LogP) is 4.87. The highest BCUT2D eigenvalue weighted by Gasteiger charge is 2.79. The number of rotatable bonds is 12. The van der Waals surface area contributed by atoms with Gasteiger partial charge in [-0.05, 0) is 55.5 Å². The van der Waals surface area contributed by atoms with E-state index < -0.39 is 53.6 Å². The molecule has 42 heavy (non-hydrogen) atoms. The minimum absolute atomic E-state index is 0.144. The molecular formula is C33H37ClN2O6. The van der Waals surface area contributed by atoms with Crippen molar-refractivity contribution in [1.82, 2.24) is 4.90 Å². The third-order valence-corrected chi connectivity index (χ3v) is 9.33. The number of carbonyl (C=O) groups is 3. The van der Waals surface area contributed by atoms with E-state index in [0.717, 1.165) is 0 Å². The number of benzene rings is 2. The lowest BCUT2D eigenvalue weighted by Crippen LogP contribution is -2.57. The highest BCUT2D eigenvalue weighted by atomic mass is 35.5. The Morgan fingerprint density at radius 1 is 1.17 bits per heavy atom. The number of halogens is 1. The number of anilines is 1. The Morgan fingerprint density at radius 3 is 2.50 bits per heavy atom. The Labute approximate surface area is 251 Å². The van der Waals surface area contributed by atoms with E-state index in [1.54, 1.807) is 41.3 Å². The van der Waals surface area contributed by atoms with E-state index in [1.165, 1.54) is 4.90 Å². The van der Waals surface area contributed by atoms with Gasteiger partial charge in [-0.15, -0.1) is 13.2 Å². The molecule has 2 aromatic rings. The molecule has 5 rings (SSSR count). The summed E-state index contributed by atoms with van der Waals surface area (Å²) in [5, 5.41) is 11.2. The molecule has 0 radical (unpaired) electrons. The van der Waals surface area contributed by atoms with Crippen LogP contribution in [0.5, 0.6) is 0 Å². The number of hydrogen-bond acceptors (Lipinski definition) is 6. The average molecular weight is 593 g/mol. The molecular weight excluding hydrogens is 556 g/mol. The quantitative estimate of drug-likeness (QED) is 0.215. The molecule has 8 nitrogen and oxygen atoms in total. The van der Waals surface area contributed by atoms with E-state index in [1.807, 2.05) is 37.3 Å². The molecule has 6 atom stereocenters. The Morgan fingerprint density at radius 2 is 1.88 bits per heavy atom. The van der Waals surface area contributed by atoms with Crippen LogP contribution in [0.2, 0.25) is 5.02 Å². The number of aliphatic hydroxyl groups is 1. The lowest BCUT2D eigenvalue weighted by molar-refractivity contribution is -0.162. The number of likely N-dealkylation sites (tertiary alicyclic amines) is 1. The van der Waals surface area contributed by atoms with Crippen LogP contribution >= 0.6 is 11.6 Å². The Bertz CT molecular complexity index is 1350. The van der Waals surface area contributed by atoms with E-state index in [0.29, 0.717) is 42.0 Å². The van der Waals surface area contributed by atoms with Gasteiger partial charge < -0.3 is 24.4 Å². The van der Waals surface area contributed by atoms with Gasteiger partial charge >= 0.3 is 5.97 Å². The van der Waals surface area contributed by atoms with Crippen LogP contribution in [0.25, 0.3) is 0 Å². The molecule has 2 amide bonds. The van der Waals surface area contributed by atoms with Gasteiger partial charge in [0.05, 0.1) is 30.8 Å². The van der Waals surface area contributed by atoms with Gasteiger partial charge in [-0.2, -0.15) is 0 Å². The van der Waals surface area contributed by atoms with Crippen molar-refractivity contribution in [1.29, 1.82) is 0 Å². The van der Waals surface area contributed by atoms with Crippen LogP contribution in [0, 0.1) is 11.8 Å². The smallest absolute Gasteiger partial charge is 0.312 e. The summed E-state index contributed by atoms with van der Waals surface area (Å²) in [5.41, 5.74) is -0.953. The molecule has 3 saturated heterocycles. The fourth-order valence-electron chi connectivity index (χ4n) is 7.21.